The number of aryl methyl sites for hydroxylation is 1. The van der Waals surface area contributed by atoms with Gasteiger partial charge in [0.15, 0.2) is 5.92 Å². The van der Waals surface area contributed by atoms with Gasteiger partial charge in [0.05, 0.1) is 18.9 Å². The number of morpholine rings is 1. The summed E-state index contributed by atoms with van der Waals surface area (Å²) in [4.78, 5) is 38.3. The van der Waals surface area contributed by atoms with Crippen LogP contribution in [-0.2, 0) is 14.3 Å². The van der Waals surface area contributed by atoms with Gasteiger partial charge in [0.25, 0.3) is 5.91 Å². The third kappa shape index (κ3) is 3.40. The molecular formula is C17H20N4O4. The number of benzene rings is 1. The predicted octanol–water partition coefficient (Wildman–Crippen LogP) is 0.545. The fraction of sp³-hybridized carbons (Fsp3) is 0.353. The molecule has 3 rings (SSSR count). The topological polar surface area (TPSA) is 91.0 Å². The van der Waals surface area contributed by atoms with Crippen molar-refractivity contribution in [1.29, 1.82) is 0 Å². The van der Waals surface area contributed by atoms with E-state index in [0.717, 1.165) is 10.5 Å². The third-order valence-corrected chi connectivity index (χ3v) is 4.18. The molecule has 0 aliphatic carbocycles. The molecule has 0 bridgehead atoms. The molecule has 8 nitrogen and oxygen atoms in total. The largest absolute Gasteiger partial charge is 0.379 e. The summed E-state index contributed by atoms with van der Waals surface area (Å²) in [6.07, 6.45) is 0. The summed E-state index contributed by atoms with van der Waals surface area (Å²) in [6.45, 7) is 7.96. The number of urea groups is 1. The summed E-state index contributed by atoms with van der Waals surface area (Å²) in [5, 5.41) is 4.07. The molecule has 0 unspecified atom stereocenters. The number of amides is 4. The number of nitrogens with zero attached hydrogens (tertiary/aromatic N) is 2. The lowest BCUT2D eigenvalue weighted by molar-refractivity contribution is -0.133. The normalized spacial score (nSPS) is 21.9. The van der Waals surface area contributed by atoms with Crippen molar-refractivity contribution in [3.8, 4) is 0 Å². The van der Waals surface area contributed by atoms with Gasteiger partial charge >= 0.3 is 6.03 Å². The molecule has 1 aromatic rings. The molecule has 132 valence electrons. The van der Waals surface area contributed by atoms with Gasteiger partial charge in [-0.3, -0.25) is 14.9 Å². The van der Waals surface area contributed by atoms with E-state index < -0.39 is 23.8 Å². The van der Waals surface area contributed by atoms with Gasteiger partial charge in [-0.15, -0.1) is 0 Å². The molecule has 0 radical (unpaired) electrons. The van der Waals surface area contributed by atoms with Crippen LogP contribution < -0.4 is 15.6 Å². The minimum absolute atomic E-state index is 0.232. The number of ether oxygens (including phenoxy) is 1. The Morgan fingerprint density at radius 3 is 2.60 bits per heavy atom. The minimum Gasteiger partial charge on any atom is -0.379 e. The standard InChI is InChI=1S/C17H20N4O4/c1-11-5-3-4-6-13(11)21-16(23)14(15(22)18-17(21)24)12(2)19-20-7-9-25-10-8-20/h3-6,14,19H,2,7-10H2,1H3,(H,18,22,24)/t14-/m1/s1. The average molecular weight is 344 g/mol. The van der Waals surface area contributed by atoms with E-state index in [1.165, 1.54) is 0 Å². The number of hydrogen-bond donors (Lipinski definition) is 2. The van der Waals surface area contributed by atoms with Crippen molar-refractivity contribution >= 4 is 23.5 Å². The maximum atomic E-state index is 12.9. The van der Waals surface area contributed by atoms with Crippen LogP contribution in [0.25, 0.3) is 0 Å². The average Bonchev–Trinajstić information content (AvgIpc) is 2.57. The van der Waals surface area contributed by atoms with Gasteiger partial charge in [0, 0.05) is 18.8 Å². The number of barbiturate groups is 1. The quantitative estimate of drug-likeness (QED) is 0.775. The van der Waals surface area contributed by atoms with E-state index in [9.17, 15) is 14.4 Å². The summed E-state index contributed by atoms with van der Waals surface area (Å²) in [6, 6.07) is 6.25. The molecule has 0 aromatic heterocycles. The van der Waals surface area contributed by atoms with Gasteiger partial charge in [-0.05, 0) is 18.6 Å². The highest BCUT2D eigenvalue weighted by atomic mass is 16.5. The molecule has 2 heterocycles. The number of imide groups is 2. The zero-order valence-corrected chi connectivity index (χ0v) is 13.9. The summed E-state index contributed by atoms with van der Waals surface area (Å²) in [5.41, 5.74) is 4.42. The van der Waals surface area contributed by atoms with Gasteiger partial charge in [-0.25, -0.2) is 14.7 Å². The first-order valence-corrected chi connectivity index (χ1v) is 8.01. The molecule has 2 aliphatic heterocycles. The first-order chi connectivity index (χ1) is 12.0. The number of carbonyl (C=O) groups is 3. The summed E-state index contributed by atoms with van der Waals surface area (Å²) < 4.78 is 5.26. The van der Waals surface area contributed by atoms with Crippen LogP contribution in [-0.4, -0.2) is 49.2 Å². The van der Waals surface area contributed by atoms with E-state index in [0.29, 0.717) is 32.0 Å². The summed E-state index contributed by atoms with van der Waals surface area (Å²) >= 11 is 0. The van der Waals surface area contributed by atoms with Gasteiger partial charge < -0.3 is 10.2 Å². The molecule has 2 N–H and O–H groups in total. The van der Waals surface area contributed by atoms with E-state index >= 15 is 0 Å². The lowest BCUT2D eigenvalue weighted by Gasteiger charge is -2.34. The van der Waals surface area contributed by atoms with Crippen molar-refractivity contribution in [2.24, 2.45) is 5.92 Å². The molecule has 2 fully saturated rings. The van der Waals surface area contributed by atoms with E-state index in [-0.39, 0.29) is 5.70 Å². The second kappa shape index (κ2) is 7.04. The van der Waals surface area contributed by atoms with E-state index in [4.69, 9.17) is 4.74 Å². The van der Waals surface area contributed by atoms with Crippen molar-refractivity contribution in [2.75, 3.05) is 31.2 Å². The Hall–Kier alpha value is -2.71. The lowest BCUT2D eigenvalue weighted by atomic mass is 10.0. The molecule has 1 aromatic carbocycles. The SMILES string of the molecule is C=C(NN1CCOCC1)[C@@H]1C(=O)NC(=O)N(c2ccccc2C)C1=O. The Labute approximate surface area is 145 Å². The van der Waals surface area contributed by atoms with Gasteiger partial charge in [-0.2, -0.15) is 0 Å². The number of rotatable bonds is 4. The summed E-state index contributed by atoms with van der Waals surface area (Å²) in [7, 11) is 0. The fourth-order valence-corrected chi connectivity index (χ4v) is 2.87. The van der Waals surface area contributed by atoms with Crippen LogP contribution >= 0.6 is 0 Å². The number of carbonyl (C=O) groups excluding carboxylic acids is 3. The minimum atomic E-state index is -1.18. The number of nitrogens with one attached hydrogen (secondary N) is 2. The van der Waals surface area contributed by atoms with Crippen molar-refractivity contribution < 1.29 is 19.1 Å². The first-order valence-electron chi connectivity index (χ1n) is 8.01. The van der Waals surface area contributed by atoms with Crippen LogP contribution in [0.2, 0.25) is 0 Å². The maximum Gasteiger partial charge on any atom is 0.335 e. The van der Waals surface area contributed by atoms with Crippen molar-refractivity contribution in [1.82, 2.24) is 15.8 Å². The molecular weight excluding hydrogens is 324 g/mol. The van der Waals surface area contributed by atoms with Crippen molar-refractivity contribution in [3.05, 3.63) is 42.1 Å². The Balaban J connectivity index is 1.82. The molecule has 25 heavy (non-hydrogen) atoms. The van der Waals surface area contributed by atoms with Gasteiger partial charge in [-0.1, -0.05) is 24.8 Å². The van der Waals surface area contributed by atoms with E-state index in [2.05, 4.69) is 17.3 Å². The molecule has 0 saturated carbocycles. The van der Waals surface area contributed by atoms with Crippen LogP contribution in [0.1, 0.15) is 5.56 Å². The van der Waals surface area contributed by atoms with Crippen molar-refractivity contribution in [2.45, 2.75) is 6.92 Å². The highest BCUT2D eigenvalue weighted by Gasteiger charge is 2.43. The second-order valence-corrected chi connectivity index (χ2v) is 5.92. The second-order valence-electron chi connectivity index (χ2n) is 5.92. The van der Waals surface area contributed by atoms with Gasteiger partial charge in [0.1, 0.15) is 0 Å². The van der Waals surface area contributed by atoms with E-state index in [1.807, 2.05) is 11.1 Å². The Morgan fingerprint density at radius 2 is 1.92 bits per heavy atom. The smallest absolute Gasteiger partial charge is 0.335 e. The predicted molar refractivity (Wildman–Crippen MR) is 90.4 cm³/mol. The Bertz CT molecular complexity index is 727. The number of anilines is 1. The fourth-order valence-electron chi connectivity index (χ4n) is 2.87. The number of hydrazine groups is 1. The van der Waals surface area contributed by atoms with Crippen LogP contribution in [0.4, 0.5) is 10.5 Å². The molecule has 2 aliphatic rings. The Kier molecular flexibility index (Phi) is 4.82. The molecule has 8 heteroatoms. The third-order valence-electron chi connectivity index (χ3n) is 4.18. The van der Waals surface area contributed by atoms with Crippen molar-refractivity contribution in [3.63, 3.8) is 0 Å². The lowest BCUT2D eigenvalue weighted by Crippen LogP contribution is -2.60. The van der Waals surface area contributed by atoms with Gasteiger partial charge in [0.2, 0.25) is 5.91 Å². The Morgan fingerprint density at radius 1 is 1.24 bits per heavy atom. The highest BCUT2D eigenvalue weighted by Crippen LogP contribution is 2.26. The number of hydrogen-bond acceptors (Lipinski definition) is 6. The number of para-hydroxylation sites is 1. The zero-order valence-electron chi connectivity index (χ0n) is 13.9. The maximum absolute atomic E-state index is 12.9. The highest BCUT2D eigenvalue weighted by molar-refractivity contribution is 6.28. The van der Waals surface area contributed by atoms with Crippen LogP contribution in [0.15, 0.2) is 36.5 Å². The van der Waals surface area contributed by atoms with Crippen LogP contribution in [0, 0.1) is 12.8 Å². The first kappa shape index (κ1) is 17.1. The summed E-state index contributed by atoms with van der Waals surface area (Å²) in [5.74, 6) is -2.47. The van der Waals surface area contributed by atoms with Crippen LogP contribution in [0.3, 0.4) is 0 Å². The van der Waals surface area contributed by atoms with E-state index in [1.54, 1.807) is 25.1 Å². The molecule has 1 atom stereocenters. The van der Waals surface area contributed by atoms with Crippen LogP contribution in [0.5, 0.6) is 0 Å². The monoisotopic (exact) mass is 344 g/mol. The molecule has 0 spiro atoms. The molecule has 2 saturated heterocycles. The molecule has 4 amide bonds. The zero-order chi connectivity index (χ0) is 18.0.